The molecular formula is C9H6F2O2S. The van der Waals surface area contributed by atoms with Gasteiger partial charge in [0, 0.05) is 10.9 Å². The van der Waals surface area contributed by atoms with Crippen molar-refractivity contribution in [1.29, 1.82) is 0 Å². The molecule has 2 N–H and O–H groups in total. The van der Waals surface area contributed by atoms with Crippen LogP contribution in [0.25, 0.3) is 10.1 Å². The lowest BCUT2D eigenvalue weighted by atomic mass is 10.1. The zero-order valence-corrected chi connectivity index (χ0v) is 7.68. The first-order valence-corrected chi connectivity index (χ1v) is 4.63. The van der Waals surface area contributed by atoms with Gasteiger partial charge in [0.15, 0.2) is 5.06 Å². The van der Waals surface area contributed by atoms with Gasteiger partial charge in [-0.3, -0.25) is 0 Å². The number of phenolic OH excluding ortho intramolecular Hbond substituents is 1. The zero-order valence-electron chi connectivity index (χ0n) is 6.87. The third kappa shape index (κ3) is 1.39. The molecule has 0 aliphatic rings. The van der Waals surface area contributed by atoms with Gasteiger partial charge < -0.3 is 10.2 Å². The molecule has 2 rings (SSSR count). The van der Waals surface area contributed by atoms with E-state index in [0.717, 1.165) is 17.4 Å². The first kappa shape index (κ1) is 9.21. The average Bonchev–Trinajstić information content (AvgIpc) is 2.45. The average molecular weight is 216 g/mol. The number of alkyl halides is 2. The summed E-state index contributed by atoms with van der Waals surface area (Å²) >= 11 is 0.960. The van der Waals surface area contributed by atoms with Crippen molar-refractivity contribution in [2.24, 2.45) is 0 Å². The van der Waals surface area contributed by atoms with Gasteiger partial charge in [0.1, 0.15) is 5.75 Å². The third-order valence-electron chi connectivity index (χ3n) is 1.86. The number of rotatable bonds is 1. The van der Waals surface area contributed by atoms with Crippen LogP contribution in [0.5, 0.6) is 10.8 Å². The fraction of sp³-hybridized carbons (Fsp3) is 0.111. The largest absolute Gasteiger partial charge is 0.506 e. The molecule has 0 aliphatic carbocycles. The van der Waals surface area contributed by atoms with E-state index >= 15 is 0 Å². The van der Waals surface area contributed by atoms with E-state index in [-0.39, 0.29) is 16.4 Å². The predicted octanol–water partition coefficient (Wildman–Crippen LogP) is 3.25. The van der Waals surface area contributed by atoms with Gasteiger partial charge in [0.05, 0.1) is 4.70 Å². The predicted molar refractivity (Wildman–Crippen MR) is 50.1 cm³/mol. The normalized spacial score (nSPS) is 11.4. The third-order valence-corrected chi connectivity index (χ3v) is 2.83. The molecule has 1 heterocycles. The lowest BCUT2D eigenvalue weighted by molar-refractivity contribution is 0.151. The molecule has 74 valence electrons. The minimum atomic E-state index is -2.62. The van der Waals surface area contributed by atoms with Crippen LogP contribution in [-0.4, -0.2) is 10.2 Å². The number of hydrogen-bond acceptors (Lipinski definition) is 3. The highest BCUT2D eigenvalue weighted by Crippen LogP contribution is 2.39. The summed E-state index contributed by atoms with van der Waals surface area (Å²) in [7, 11) is 0. The van der Waals surface area contributed by atoms with Crippen molar-refractivity contribution in [3.05, 3.63) is 23.8 Å². The van der Waals surface area contributed by atoms with Gasteiger partial charge in [-0.05, 0) is 18.2 Å². The van der Waals surface area contributed by atoms with E-state index in [1.165, 1.54) is 12.1 Å². The number of thiophene rings is 1. The second-order valence-electron chi connectivity index (χ2n) is 2.84. The topological polar surface area (TPSA) is 40.5 Å². The Balaban J connectivity index is 2.71. The van der Waals surface area contributed by atoms with Crippen molar-refractivity contribution in [2.45, 2.75) is 6.43 Å². The van der Waals surface area contributed by atoms with E-state index in [1.54, 1.807) is 0 Å². The molecule has 0 saturated carbocycles. The van der Waals surface area contributed by atoms with E-state index in [4.69, 9.17) is 5.11 Å². The van der Waals surface area contributed by atoms with Crippen molar-refractivity contribution in [1.82, 2.24) is 0 Å². The summed E-state index contributed by atoms with van der Waals surface area (Å²) in [5.41, 5.74) is -0.243. The van der Waals surface area contributed by atoms with Crippen LogP contribution in [0.15, 0.2) is 18.2 Å². The molecule has 1 aromatic carbocycles. The molecule has 5 heteroatoms. The number of phenols is 1. The summed E-state index contributed by atoms with van der Waals surface area (Å²) in [6.07, 6.45) is -2.62. The van der Waals surface area contributed by atoms with Crippen LogP contribution in [0.1, 0.15) is 12.0 Å². The van der Waals surface area contributed by atoms with E-state index in [2.05, 4.69) is 0 Å². The molecule has 2 aromatic rings. The van der Waals surface area contributed by atoms with Crippen molar-refractivity contribution in [3.8, 4) is 10.8 Å². The van der Waals surface area contributed by atoms with E-state index < -0.39 is 6.43 Å². The van der Waals surface area contributed by atoms with Gasteiger partial charge in [-0.15, -0.1) is 0 Å². The Morgan fingerprint density at radius 2 is 1.86 bits per heavy atom. The molecule has 0 radical (unpaired) electrons. The Morgan fingerprint density at radius 1 is 1.14 bits per heavy atom. The minimum Gasteiger partial charge on any atom is -0.506 e. The van der Waals surface area contributed by atoms with Crippen molar-refractivity contribution in [3.63, 3.8) is 0 Å². The van der Waals surface area contributed by atoms with Crippen LogP contribution >= 0.6 is 11.3 Å². The quantitative estimate of drug-likeness (QED) is 0.768. The minimum absolute atomic E-state index is 0.00159. The number of fused-ring (bicyclic) bond motifs is 1. The van der Waals surface area contributed by atoms with Crippen LogP contribution in [0, 0.1) is 0 Å². The SMILES string of the molecule is Oc1cc2cc(C(F)F)cc(O)c2s1. The van der Waals surface area contributed by atoms with Crippen LogP contribution in [0.4, 0.5) is 8.78 Å². The van der Waals surface area contributed by atoms with Crippen LogP contribution < -0.4 is 0 Å². The van der Waals surface area contributed by atoms with Crippen molar-refractivity contribution in [2.75, 3.05) is 0 Å². The maximum Gasteiger partial charge on any atom is 0.264 e. The van der Waals surface area contributed by atoms with Crippen LogP contribution in [-0.2, 0) is 0 Å². The molecule has 0 unspecified atom stereocenters. The summed E-state index contributed by atoms with van der Waals surface area (Å²) < 4.78 is 25.0. The first-order chi connectivity index (χ1) is 6.58. The molecule has 1 aromatic heterocycles. The Bertz CT molecular complexity index is 479. The molecule has 0 atom stereocenters. The van der Waals surface area contributed by atoms with Gasteiger partial charge in [0.25, 0.3) is 6.43 Å². The summed E-state index contributed by atoms with van der Waals surface area (Å²) in [4.78, 5) is 0. The molecule has 0 bridgehead atoms. The maximum absolute atomic E-state index is 12.3. The Labute approximate surface area is 82.0 Å². The molecule has 14 heavy (non-hydrogen) atoms. The summed E-state index contributed by atoms with van der Waals surface area (Å²) in [6, 6.07) is 3.63. The van der Waals surface area contributed by atoms with Gasteiger partial charge in [-0.25, -0.2) is 8.78 Å². The lowest BCUT2D eigenvalue weighted by Gasteiger charge is -2.00. The molecule has 0 saturated heterocycles. The fourth-order valence-electron chi connectivity index (χ4n) is 1.27. The molecule has 2 nitrogen and oxygen atoms in total. The van der Waals surface area contributed by atoms with E-state index in [1.807, 2.05) is 0 Å². The number of halogens is 2. The lowest BCUT2D eigenvalue weighted by Crippen LogP contribution is -1.82. The Morgan fingerprint density at radius 3 is 2.50 bits per heavy atom. The zero-order chi connectivity index (χ0) is 10.3. The van der Waals surface area contributed by atoms with Crippen molar-refractivity contribution >= 4 is 21.4 Å². The Kier molecular flexibility index (Phi) is 2.03. The first-order valence-electron chi connectivity index (χ1n) is 3.81. The number of hydrogen-bond donors (Lipinski definition) is 2. The molecule has 0 fully saturated rings. The molecule has 0 aliphatic heterocycles. The standard InChI is InChI=1S/C9H6F2O2S/c10-9(11)5-1-4-3-7(13)14-8(4)6(12)2-5/h1-3,9,12-13H. The highest BCUT2D eigenvalue weighted by Gasteiger charge is 2.12. The monoisotopic (exact) mass is 216 g/mol. The maximum atomic E-state index is 12.3. The van der Waals surface area contributed by atoms with Gasteiger partial charge in [-0.1, -0.05) is 11.3 Å². The van der Waals surface area contributed by atoms with Crippen LogP contribution in [0.2, 0.25) is 0 Å². The van der Waals surface area contributed by atoms with Gasteiger partial charge in [-0.2, -0.15) is 0 Å². The Hall–Kier alpha value is -1.36. The number of aromatic hydroxyl groups is 2. The number of benzene rings is 1. The highest BCUT2D eigenvalue weighted by atomic mass is 32.1. The molecular weight excluding hydrogens is 210 g/mol. The molecule has 0 amide bonds. The van der Waals surface area contributed by atoms with Crippen molar-refractivity contribution < 1.29 is 19.0 Å². The second kappa shape index (κ2) is 3.09. The van der Waals surface area contributed by atoms with Crippen LogP contribution in [0.3, 0.4) is 0 Å². The fourth-order valence-corrected chi connectivity index (χ4v) is 2.06. The smallest absolute Gasteiger partial charge is 0.264 e. The summed E-state index contributed by atoms with van der Waals surface area (Å²) in [6.45, 7) is 0. The second-order valence-corrected chi connectivity index (χ2v) is 3.87. The van der Waals surface area contributed by atoms with E-state index in [0.29, 0.717) is 10.1 Å². The highest BCUT2D eigenvalue weighted by molar-refractivity contribution is 7.21. The summed E-state index contributed by atoms with van der Waals surface area (Å²) in [5, 5.41) is 18.9. The van der Waals surface area contributed by atoms with Gasteiger partial charge in [0.2, 0.25) is 0 Å². The van der Waals surface area contributed by atoms with E-state index in [9.17, 15) is 13.9 Å². The summed E-state index contributed by atoms with van der Waals surface area (Å²) in [5.74, 6) is -0.219. The molecule has 0 spiro atoms. The van der Waals surface area contributed by atoms with Gasteiger partial charge >= 0.3 is 0 Å².